The molecule has 0 spiro atoms. The van der Waals surface area contributed by atoms with Gasteiger partial charge >= 0.3 is 5.97 Å². The number of carbonyl (C=O) groups excluding carboxylic acids is 1. The second kappa shape index (κ2) is 9.19. The van der Waals surface area contributed by atoms with Crippen LogP contribution in [0.1, 0.15) is 36.5 Å². The van der Waals surface area contributed by atoms with E-state index in [0.717, 1.165) is 12.0 Å². The molecule has 2 aromatic rings. The highest BCUT2D eigenvalue weighted by Crippen LogP contribution is 2.29. The number of nitrogens with one attached hydrogen (secondary N) is 1. The molecule has 2 N–H and O–H groups in total. The van der Waals surface area contributed by atoms with Crippen LogP contribution >= 0.6 is 0 Å². The van der Waals surface area contributed by atoms with E-state index in [1.807, 2.05) is 18.2 Å². The Balaban J connectivity index is 1.49. The Labute approximate surface area is 158 Å². The lowest BCUT2D eigenvalue weighted by Gasteiger charge is -2.25. The van der Waals surface area contributed by atoms with Crippen LogP contribution in [-0.2, 0) is 20.7 Å². The van der Waals surface area contributed by atoms with Crippen LogP contribution in [0.3, 0.4) is 0 Å². The number of anilines is 1. The first-order valence-corrected chi connectivity index (χ1v) is 9.06. The highest BCUT2D eigenvalue weighted by Gasteiger charge is 2.23. The minimum atomic E-state index is -0.832. The van der Waals surface area contributed by atoms with E-state index in [9.17, 15) is 9.59 Å². The predicted octanol–water partition coefficient (Wildman–Crippen LogP) is 3.57. The zero-order valence-electron chi connectivity index (χ0n) is 15.0. The highest BCUT2D eigenvalue weighted by atomic mass is 16.5. The first kappa shape index (κ1) is 18.9. The van der Waals surface area contributed by atoms with Crippen molar-refractivity contribution < 1.29 is 24.2 Å². The fourth-order valence-electron chi connectivity index (χ4n) is 3.07. The summed E-state index contributed by atoms with van der Waals surface area (Å²) in [4.78, 5) is 22.8. The minimum absolute atomic E-state index is 0.0838. The van der Waals surface area contributed by atoms with E-state index in [0.29, 0.717) is 31.1 Å². The van der Waals surface area contributed by atoms with Gasteiger partial charge in [-0.25, -0.2) is 0 Å². The van der Waals surface area contributed by atoms with Crippen molar-refractivity contribution in [2.45, 2.75) is 31.8 Å². The third kappa shape index (κ3) is 5.56. The summed E-state index contributed by atoms with van der Waals surface area (Å²) >= 11 is 0. The Hall–Kier alpha value is -2.86. The quantitative estimate of drug-likeness (QED) is 0.695. The van der Waals surface area contributed by atoms with Gasteiger partial charge in [0.2, 0.25) is 5.91 Å². The number of rotatable bonds is 8. The molecule has 6 heteroatoms. The molecular weight excluding hydrogens is 346 g/mol. The number of amides is 1. The van der Waals surface area contributed by atoms with Gasteiger partial charge in [0.05, 0.1) is 25.7 Å². The Morgan fingerprint density at radius 2 is 1.93 bits per heavy atom. The maximum Gasteiger partial charge on any atom is 0.303 e. The van der Waals surface area contributed by atoms with E-state index in [1.165, 1.54) is 5.56 Å². The second-order valence-corrected chi connectivity index (χ2v) is 6.43. The van der Waals surface area contributed by atoms with E-state index in [-0.39, 0.29) is 24.9 Å². The first-order valence-electron chi connectivity index (χ1n) is 9.06. The van der Waals surface area contributed by atoms with Gasteiger partial charge in [0.1, 0.15) is 5.75 Å². The highest BCUT2D eigenvalue weighted by molar-refractivity contribution is 5.91. The number of hydrogen-bond donors (Lipinski definition) is 2. The van der Waals surface area contributed by atoms with Gasteiger partial charge in [-0.2, -0.15) is 0 Å². The van der Waals surface area contributed by atoms with Crippen molar-refractivity contribution in [3.63, 3.8) is 0 Å². The SMILES string of the molecule is O=C(O)CCCOc1ccc(NC(=O)CC2OCCc3ccccc32)cc1. The van der Waals surface area contributed by atoms with Crippen LogP contribution in [0.5, 0.6) is 5.75 Å². The van der Waals surface area contributed by atoms with Crippen molar-refractivity contribution >= 4 is 17.6 Å². The van der Waals surface area contributed by atoms with Crippen LogP contribution in [0, 0.1) is 0 Å². The molecule has 0 fully saturated rings. The molecule has 0 aliphatic carbocycles. The smallest absolute Gasteiger partial charge is 0.303 e. The first-order chi connectivity index (χ1) is 13.1. The molecule has 0 aromatic heterocycles. The predicted molar refractivity (Wildman–Crippen MR) is 101 cm³/mol. The van der Waals surface area contributed by atoms with Crippen LogP contribution < -0.4 is 10.1 Å². The maximum absolute atomic E-state index is 12.4. The van der Waals surface area contributed by atoms with Crippen molar-refractivity contribution in [2.24, 2.45) is 0 Å². The largest absolute Gasteiger partial charge is 0.494 e. The average molecular weight is 369 g/mol. The fourth-order valence-corrected chi connectivity index (χ4v) is 3.07. The number of aliphatic carboxylic acids is 1. The van der Waals surface area contributed by atoms with Crippen molar-refractivity contribution in [2.75, 3.05) is 18.5 Å². The molecule has 27 heavy (non-hydrogen) atoms. The second-order valence-electron chi connectivity index (χ2n) is 6.43. The number of hydrogen-bond acceptors (Lipinski definition) is 4. The van der Waals surface area contributed by atoms with E-state index in [1.54, 1.807) is 24.3 Å². The Kier molecular flexibility index (Phi) is 6.44. The molecule has 0 saturated carbocycles. The number of carbonyl (C=O) groups is 2. The molecule has 142 valence electrons. The van der Waals surface area contributed by atoms with Crippen LogP contribution in [0.2, 0.25) is 0 Å². The molecular formula is C21H23NO5. The molecule has 1 heterocycles. The molecule has 1 aliphatic rings. The van der Waals surface area contributed by atoms with Crippen LogP contribution in [0.15, 0.2) is 48.5 Å². The molecule has 0 radical (unpaired) electrons. The average Bonchev–Trinajstić information content (AvgIpc) is 2.66. The summed E-state index contributed by atoms with van der Waals surface area (Å²) in [5.74, 6) is -0.295. The van der Waals surface area contributed by atoms with E-state index >= 15 is 0 Å². The molecule has 1 aliphatic heterocycles. The summed E-state index contributed by atoms with van der Waals surface area (Å²) < 4.78 is 11.3. The van der Waals surface area contributed by atoms with Gasteiger partial charge in [0.15, 0.2) is 0 Å². The topological polar surface area (TPSA) is 84.9 Å². The van der Waals surface area contributed by atoms with E-state index in [2.05, 4.69) is 11.4 Å². The lowest BCUT2D eigenvalue weighted by atomic mass is 9.95. The fraction of sp³-hybridized carbons (Fsp3) is 0.333. The standard InChI is InChI=1S/C21H23NO5/c23-20(14-19-18-5-2-1-4-15(18)11-13-27-19)22-16-7-9-17(10-8-16)26-12-3-6-21(24)25/h1-2,4-5,7-10,19H,3,6,11-14H2,(H,22,23)(H,24,25). The van der Waals surface area contributed by atoms with Crippen molar-refractivity contribution in [1.82, 2.24) is 0 Å². The van der Waals surface area contributed by atoms with Crippen molar-refractivity contribution in [3.8, 4) is 5.75 Å². The zero-order valence-corrected chi connectivity index (χ0v) is 15.0. The van der Waals surface area contributed by atoms with Crippen LogP contribution in [-0.4, -0.2) is 30.2 Å². The number of carboxylic acids is 1. The van der Waals surface area contributed by atoms with Crippen molar-refractivity contribution in [3.05, 3.63) is 59.7 Å². The Bertz CT molecular complexity index is 787. The Morgan fingerprint density at radius 3 is 2.70 bits per heavy atom. The number of benzene rings is 2. The summed E-state index contributed by atoms with van der Waals surface area (Å²) in [5, 5.41) is 11.5. The third-order valence-electron chi connectivity index (χ3n) is 4.40. The summed E-state index contributed by atoms with van der Waals surface area (Å²) in [7, 11) is 0. The minimum Gasteiger partial charge on any atom is -0.494 e. The molecule has 0 saturated heterocycles. The molecule has 0 bridgehead atoms. The monoisotopic (exact) mass is 369 g/mol. The third-order valence-corrected chi connectivity index (χ3v) is 4.40. The summed E-state index contributed by atoms with van der Waals surface area (Å²) in [5.41, 5.74) is 3.01. The molecule has 1 atom stereocenters. The van der Waals surface area contributed by atoms with Crippen LogP contribution in [0.25, 0.3) is 0 Å². The Morgan fingerprint density at radius 1 is 1.15 bits per heavy atom. The number of ether oxygens (including phenoxy) is 2. The summed E-state index contributed by atoms with van der Waals surface area (Å²) in [6, 6.07) is 15.1. The van der Waals surface area contributed by atoms with Gasteiger partial charge in [-0.3, -0.25) is 9.59 Å². The zero-order chi connectivity index (χ0) is 19.1. The van der Waals surface area contributed by atoms with Gasteiger partial charge in [-0.1, -0.05) is 24.3 Å². The lowest BCUT2D eigenvalue weighted by Crippen LogP contribution is -2.22. The molecule has 1 unspecified atom stereocenters. The molecule has 1 amide bonds. The number of carboxylic acid groups (broad SMARTS) is 1. The van der Waals surface area contributed by atoms with Gasteiger partial charge in [0.25, 0.3) is 0 Å². The lowest BCUT2D eigenvalue weighted by molar-refractivity contribution is -0.137. The molecule has 6 nitrogen and oxygen atoms in total. The molecule has 2 aromatic carbocycles. The van der Waals surface area contributed by atoms with Gasteiger partial charge in [0, 0.05) is 12.1 Å². The van der Waals surface area contributed by atoms with Crippen LogP contribution in [0.4, 0.5) is 5.69 Å². The van der Waals surface area contributed by atoms with E-state index in [4.69, 9.17) is 14.6 Å². The van der Waals surface area contributed by atoms with Gasteiger partial charge in [-0.15, -0.1) is 0 Å². The maximum atomic E-state index is 12.4. The van der Waals surface area contributed by atoms with Gasteiger partial charge in [-0.05, 0) is 48.2 Å². The van der Waals surface area contributed by atoms with Crippen molar-refractivity contribution in [1.29, 1.82) is 0 Å². The van der Waals surface area contributed by atoms with E-state index < -0.39 is 5.97 Å². The molecule has 3 rings (SSSR count). The number of fused-ring (bicyclic) bond motifs is 1. The van der Waals surface area contributed by atoms with Gasteiger partial charge < -0.3 is 19.9 Å². The summed E-state index contributed by atoms with van der Waals surface area (Å²) in [6.45, 7) is 0.972. The summed E-state index contributed by atoms with van der Waals surface area (Å²) in [6.07, 6.45) is 1.47. The normalized spacial score (nSPS) is 15.6.